The molecule has 0 saturated carbocycles. The highest BCUT2D eigenvalue weighted by Crippen LogP contribution is 2.09. The maximum Gasteiger partial charge on any atom is 0.251 e. The van der Waals surface area contributed by atoms with Crippen LogP contribution >= 0.6 is 11.6 Å². The topological polar surface area (TPSA) is 88.9 Å². The first-order chi connectivity index (χ1) is 13.6. The van der Waals surface area contributed by atoms with Crippen molar-refractivity contribution in [2.75, 3.05) is 6.54 Å². The zero-order chi connectivity index (χ0) is 19.8. The highest BCUT2D eigenvalue weighted by Gasteiger charge is 2.06. The van der Waals surface area contributed by atoms with E-state index in [0.29, 0.717) is 36.5 Å². The number of carbonyl (C=O) groups is 2. The van der Waals surface area contributed by atoms with E-state index in [1.54, 1.807) is 47.6 Å². The summed E-state index contributed by atoms with van der Waals surface area (Å²) in [5.41, 5.74) is 1.49. The van der Waals surface area contributed by atoms with Crippen LogP contribution in [0.2, 0.25) is 5.02 Å². The van der Waals surface area contributed by atoms with Gasteiger partial charge in [0.25, 0.3) is 5.91 Å². The third-order valence-electron chi connectivity index (χ3n) is 4.04. The second kappa shape index (κ2) is 9.66. The molecule has 2 heterocycles. The number of benzene rings is 1. The summed E-state index contributed by atoms with van der Waals surface area (Å²) in [6, 6.07) is 10.4. The number of hydrogen-bond donors (Lipinski definition) is 2. The van der Waals surface area contributed by atoms with Crippen molar-refractivity contribution >= 4 is 23.4 Å². The highest BCUT2D eigenvalue weighted by molar-refractivity contribution is 6.30. The maximum absolute atomic E-state index is 12.0. The molecular weight excluding hydrogens is 378 g/mol. The van der Waals surface area contributed by atoms with Crippen LogP contribution in [-0.2, 0) is 11.3 Å². The lowest BCUT2D eigenvalue weighted by atomic mass is 10.2. The highest BCUT2D eigenvalue weighted by atomic mass is 35.5. The Balaban J connectivity index is 1.37. The second-order valence-corrected chi connectivity index (χ2v) is 6.57. The van der Waals surface area contributed by atoms with Gasteiger partial charge < -0.3 is 10.6 Å². The summed E-state index contributed by atoms with van der Waals surface area (Å²) in [7, 11) is 0. The molecule has 0 atom stereocenters. The van der Waals surface area contributed by atoms with Crippen LogP contribution < -0.4 is 10.6 Å². The predicted octanol–water partition coefficient (Wildman–Crippen LogP) is 2.75. The van der Waals surface area contributed by atoms with Gasteiger partial charge in [-0.3, -0.25) is 14.2 Å². The van der Waals surface area contributed by atoms with Crippen molar-refractivity contribution in [3.05, 3.63) is 77.5 Å². The van der Waals surface area contributed by atoms with Gasteiger partial charge in [0.05, 0.1) is 0 Å². The quantitative estimate of drug-likeness (QED) is 0.572. The number of carbonyl (C=O) groups excluding carboxylic acids is 2. The Labute approximate surface area is 167 Å². The maximum atomic E-state index is 12.0. The molecule has 0 aliphatic rings. The fraction of sp³-hybridized carbons (Fsp3) is 0.200. The molecule has 28 heavy (non-hydrogen) atoms. The number of nitrogens with zero attached hydrogens (tertiary/aromatic N) is 3. The van der Waals surface area contributed by atoms with Gasteiger partial charge in [-0.2, -0.15) is 0 Å². The molecule has 144 valence electrons. The number of aromatic nitrogens is 3. The molecule has 0 aliphatic heterocycles. The summed E-state index contributed by atoms with van der Waals surface area (Å²) < 4.78 is 1.80. The molecule has 0 saturated heterocycles. The van der Waals surface area contributed by atoms with E-state index >= 15 is 0 Å². The Bertz CT molecular complexity index is 926. The molecule has 0 aliphatic carbocycles. The molecule has 2 N–H and O–H groups in total. The minimum absolute atomic E-state index is 0.0678. The van der Waals surface area contributed by atoms with Crippen molar-refractivity contribution in [3.63, 3.8) is 0 Å². The molecule has 1 aromatic carbocycles. The lowest BCUT2D eigenvalue weighted by Gasteiger charge is -2.08. The van der Waals surface area contributed by atoms with Crippen molar-refractivity contribution in [2.24, 2.45) is 0 Å². The molecule has 3 aromatic rings. The fourth-order valence-electron chi connectivity index (χ4n) is 2.55. The number of imidazole rings is 1. The zero-order valence-corrected chi connectivity index (χ0v) is 15.9. The van der Waals surface area contributed by atoms with Gasteiger partial charge in [0.1, 0.15) is 12.1 Å². The van der Waals surface area contributed by atoms with E-state index in [1.807, 2.05) is 18.3 Å². The molecular formula is C20H20ClN5O2. The van der Waals surface area contributed by atoms with Crippen LogP contribution in [0.5, 0.6) is 0 Å². The summed E-state index contributed by atoms with van der Waals surface area (Å²) >= 11 is 5.80. The van der Waals surface area contributed by atoms with Gasteiger partial charge in [0.15, 0.2) is 0 Å². The van der Waals surface area contributed by atoms with E-state index in [0.717, 1.165) is 11.4 Å². The first kappa shape index (κ1) is 19.6. The van der Waals surface area contributed by atoms with Crippen molar-refractivity contribution in [3.8, 4) is 5.82 Å². The Kier molecular flexibility index (Phi) is 6.75. The van der Waals surface area contributed by atoms with Crippen molar-refractivity contribution < 1.29 is 9.59 Å². The normalized spacial score (nSPS) is 10.5. The average Bonchev–Trinajstić information content (AvgIpc) is 3.25. The molecule has 7 nitrogen and oxygen atoms in total. The molecule has 8 heteroatoms. The van der Waals surface area contributed by atoms with Gasteiger partial charge in [0.2, 0.25) is 5.91 Å². The Morgan fingerprint density at radius 1 is 1.07 bits per heavy atom. The SMILES string of the molecule is O=C(CCCNC(=O)c1ccc(Cl)cc1)NCc1ccnc(-n2ccnc2)c1. The molecule has 2 amide bonds. The van der Waals surface area contributed by atoms with E-state index in [9.17, 15) is 9.59 Å². The number of amides is 2. The summed E-state index contributed by atoms with van der Waals surface area (Å²) in [5, 5.41) is 6.25. The largest absolute Gasteiger partial charge is 0.352 e. The van der Waals surface area contributed by atoms with Crippen LogP contribution in [0.25, 0.3) is 5.82 Å². The number of pyridine rings is 1. The number of rotatable bonds is 8. The van der Waals surface area contributed by atoms with Gasteiger partial charge >= 0.3 is 0 Å². The Morgan fingerprint density at radius 3 is 2.64 bits per heavy atom. The van der Waals surface area contributed by atoms with Gasteiger partial charge in [-0.25, -0.2) is 9.97 Å². The molecule has 0 bridgehead atoms. The van der Waals surface area contributed by atoms with Crippen LogP contribution in [-0.4, -0.2) is 32.9 Å². The van der Waals surface area contributed by atoms with Crippen LogP contribution in [0, 0.1) is 0 Å². The number of hydrogen-bond acceptors (Lipinski definition) is 4. The Morgan fingerprint density at radius 2 is 1.89 bits per heavy atom. The van der Waals surface area contributed by atoms with E-state index < -0.39 is 0 Å². The second-order valence-electron chi connectivity index (χ2n) is 6.14. The third-order valence-corrected chi connectivity index (χ3v) is 4.29. The van der Waals surface area contributed by atoms with Gasteiger partial charge in [-0.1, -0.05) is 11.6 Å². The summed E-state index contributed by atoms with van der Waals surface area (Å²) in [6.45, 7) is 0.842. The first-order valence-electron chi connectivity index (χ1n) is 8.85. The van der Waals surface area contributed by atoms with E-state index in [1.165, 1.54) is 0 Å². The molecule has 2 aromatic heterocycles. The summed E-state index contributed by atoms with van der Waals surface area (Å²) in [4.78, 5) is 32.3. The minimum atomic E-state index is -0.180. The van der Waals surface area contributed by atoms with Crippen molar-refractivity contribution in [1.29, 1.82) is 0 Å². The Hall–Kier alpha value is -3.19. The van der Waals surface area contributed by atoms with Crippen molar-refractivity contribution in [1.82, 2.24) is 25.2 Å². The van der Waals surface area contributed by atoms with Crippen LogP contribution in [0.3, 0.4) is 0 Å². The number of nitrogens with one attached hydrogen (secondary N) is 2. The standard InChI is InChI=1S/C20H20ClN5O2/c21-17-5-3-16(4-6-17)20(28)24-8-1-2-19(27)25-13-15-7-9-23-18(12-15)26-11-10-22-14-26/h3-7,9-12,14H,1-2,8,13H2,(H,24,28)(H,25,27). The molecule has 3 rings (SSSR count). The lowest BCUT2D eigenvalue weighted by Crippen LogP contribution is -2.27. The first-order valence-corrected chi connectivity index (χ1v) is 9.23. The van der Waals surface area contributed by atoms with Gasteiger partial charge in [-0.05, 0) is 48.4 Å². The van der Waals surface area contributed by atoms with E-state index in [4.69, 9.17) is 11.6 Å². The average molecular weight is 398 g/mol. The smallest absolute Gasteiger partial charge is 0.251 e. The van der Waals surface area contributed by atoms with Crippen LogP contribution in [0.4, 0.5) is 0 Å². The monoisotopic (exact) mass is 397 g/mol. The van der Waals surface area contributed by atoms with E-state index in [-0.39, 0.29) is 11.8 Å². The zero-order valence-electron chi connectivity index (χ0n) is 15.1. The summed E-state index contributed by atoms with van der Waals surface area (Å²) in [5.74, 6) is 0.497. The van der Waals surface area contributed by atoms with Crippen molar-refractivity contribution in [2.45, 2.75) is 19.4 Å². The van der Waals surface area contributed by atoms with Gasteiger partial charge in [0, 0.05) is 48.7 Å². The summed E-state index contributed by atoms with van der Waals surface area (Å²) in [6.07, 6.45) is 7.75. The van der Waals surface area contributed by atoms with Gasteiger partial charge in [-0.15, -0.1) is 0 Å². The third kappa shape index (κ3) is 5.65. The molecule has 0 radical (unpaired) electrons. The predicted molar refractivity (Wildman–Crippen MR) is 106 cm³/mol. The van der Waals surface area contributed by atoms with Crippen LogP contribution in [0.15, 0.2) is 61.3 Å². The molecule has 0 unspecified atom stereocenters. The van der Waals surface area contributed by atoms with E-state index in [2.05, 4.69) is 20.6 Å². The lowest BCUT2D eigenvalue weighted by molar-refractivity contribution is -0.121. The number of halogens is 1. The molecule has 0 fully saturated rings. The fourth-order valence-corrected chi connectivity index (χ4v) is 2.68. The minimum Gasteiger partial charge on any atom is -0.352 e. The van der Waals surface area contributed by atoms with Crippen LogP contribution in [0.1, 0.15) is 28.8 Å². The molecule has 0 spiro atoms.